The standard InChI is InChI=1S/C15H24BrNO2/c1-3-10-17-14(13-12(16)7-11-19-13)15(18-2)8-5-4-6-9-15/h7,11,14,17H,3-6,8-10H2,1-2H3. The largest absolute Gasteiger partial charge is 0.466 e. The normalized spacial score (nSPS) is 20.4. The van der Waals surface area contributed by atoms with Crippen LogP contribution in [-0.2, 0) is 4.74 Å². The van der Waals surface area contributed by atoms with Crippen LogP contribution < -0.4 is 5.32 Å². The Morgan fingerprint density at radius 3 is 2.68 bits per heavy atom. The van der Waals surface area contributed by atoms with E-state index >= 15 is 0 Å². The molecule has 1 atom stereocenters. The van der Waals surface area contributed by atoms with E-state index in [9.17, 15) is 0 Å². The minimum atomic E-state index is -0.131. The molecule has 19 heavy (non-hydrogen) atoms. The first-order chi connectivity index (χ1) is 9.23. The third-order valence-corrected chi connectivity index (χ3v) is 4.79. The van der Waals surface area contributed by atoms with Crippen LogP contribution in [0.15, 0.2) is 21.2 Å². The molecule has 1 aromatic rings. The lowest BCUT2D eigenvalue weighted by Gasteiger charge is -2.42. The van der Waals surface area contributed by atoms with E-state index in [-0.39, 0.29) is 11.6 Å². The summed E-state index contributed by atoms with van der Waals surface area (Å²) < 4.78 is 12.7. The van der Waals surface area contributed by atoms with Crippen molar-refractivity contribution in [2.45, 2.75) is 57.1 Å². The topological polar surface area (TPSA) is 34.4 Å². The first kappa shape index (κ1) is 15.1. The van der Waals surface area contributed by atoms with Gasteiger partial charge in [-0.2, -0.15) is 0 Å². The highest BCUT2D eigenvalue weighted by Crippen LogP contribution is 2.43. The van der Waals surface area contributed by atoms with E-state index in [1.807, 2.05) is 13.2 Å². The zero-order chi connectivity index (χ0) is 13.7. The summed E-state index contributed by atoms with van der Waals surface area (Å²) in [5.41, 5.74) is -0.131. The number of halogens is 1. The molecule has 1 saturated carbocycles. The third-order valence-electron chi connectivity index (χ3n) is 4.14. The smallest absolute Gasteiger partial charge is 0.137 e. The number of methoxy groups -OCH3 is 1. The Morgan fingerprint density at radius 2 is 2.16 bits per heavy atom. The van der Waals surface area contributed by atoms with Crippen LogP contribution in [0.3, 0.4) is 0 Å². The van der Waals surface area contributed by atoms with Crippen LogP contribution in [0.2, 0.25) is 0 Å². The Labute approximate surface area is 124 Å². The van der Waals surface area contributed by atoms with E-state index in [2.05, 4.69) is 28.2 Å². The van der Waals surface area contributed by atoms with E-state index in [0.717, 1.165) is 36.0 Å². The number of furan rings is 1. The maximum Gasteiger partial charge on any atom is 0.137 e. The van der Waals surface area contributed by atoms with Gasteiger partial charge in [0, 0.05) is 7.11 Å². The molecule has 1 aliphatic rings. The van der Waals surface area contributed by atoms with Crippen molar-refractivity contribution in [3.63, 3.8) is 0 Å². The third kappa shape index (κ3) is 3.23. The molecular weight excluding hydrogens is 306 g/mol. The van der Waals surface area contributed by atoms with Crippen molar-refractivity contribution in [3.05, 3.63) is 22.6 Å². The van der Waals surface area contributed by atoms with Gasteiger partial charge in [-0.05, 0) is 47.8 Å². The van der Waals surface area contributed by atoms with Crippen molar-refractivity contribution in [2.24, 2.45) is 0 Å². The molecule has 108 valence electrons. The highest BCUT2D eigenvalue weighted by atomic mass is 79.9. The number of ether oxygens (including phenoxy) is 1. The molecule has 0 aromatic carbocycles. The number of hydrogen-bond acceptors (Lipinski definition) is 3. The van der Waals surface area contributed by atoms with Crippen LogP contribution in [0.1, 0.15) is 57.3 Å². The van der Waals surface area contributed by atoms with Gasteiger partial charge < -0.3 is 14.5 Å². The van der Waals surface area contributed by atoms with E-state index in [1.165, 1.54) is 19.3 Å². The first-order valence-electron chi connectivity index (χ1n) is 7.25. The second kappa shape index (κ2) is 6.91. The zero-order valence-corrected chi connectivity index (χ0v) is 13.5. The minimum absolute atomic E-state index is 0.127. The molecule has 0 aliphatic heterocycles. The molecule has 0 bridgehead atoms. The molecule has 1 N–H and O–H groups in total. The van der Waals surface area contributed by atoms with E-state index < -0.39 is 0 Å². The monoisotopic (exact) mass is 329 g/mol. The van der Waals surface area contributed by atoms with E-state index in [0.29, 0.717) is 0 Å². The lowest BCUT2D eigenvalue weighted by Crippen LogP contribution is -2.47. The maximum atomic E-state index is 5.97. The molecule has 1 fully saturated rings. The molecule has 2 rings (SSSR count). The fourth-order valence-electron chi connectivity index (χ4n) is 3.08. The summed E-state index contributed by atoms with van der Waals surface area (Å²) in [6.07, 6.45) is 8.81. The van der Waals surface area contributed by atoms with Crippen LogP contribution in [0.4, 0.5) is 0 Å². The summed E-state index contributed by atoms with van der Waals surface area (Å²) >= 11 is 3.59. The number of hydrogen-bond donors (Lipinski definition) is 1. The predicted molar refractivity (Wildman–Crippen MR) is 80.3 cm³/mol. The first-order valence-corrected chi connectivity index (χ1v) is 8.04. The van der Waals surface area contributed by atoms with Crippen LogP contribution in [-0.4, -0.2) is 19.3 Å². The fraction of sp³-hybridized carbons (Fsp3) is 0.733. The Morgan fingerprint density at radius 1 is 1.42 bits per heavy atom. The summed E-state index contributed by atoms with van der Waals surface area (Å²) in [6, 6.07) is 2.09. The predicted octanol–water partition coefficient (Wildman–Crippen LogP) is 4.43. The lowest BCUT2D eigenvalue weighted by molar-refractivity contribution is -0.0734. The summed E-state index contributed by atoms with van der Waals surface area (Å²) in [7, 11) is 1.84. The van der Waals surface area contributed by atoms with Gasteiger partial charge in [-0.15, -0.1) is 0 Å². The zero-order valence-electron chi connectivity index (χ0n) is 11.9. The Hall–Kier alpha value is -0.320. The SMILES string of the molecule is CCCNC(c1occc1Br)C1(OC)CCCCC1. The molecule has 0 spiro atoms. The van der Waals surface area contributed by atoms with Crippen molar-refractivity contribution >= 4 is 15.9 Å². The van der Waals surface area contributed by atoms with Gasteiger partial charge in [0.1, 0.15) is 5.76 Å². The second-order valence-corrected chi connectivity index (χ2v) is 6.20. The fourth-order valence-corrected chi connectivity index (χ4v) is 3.51. The molecule has 0 saturated heterocycles. The molecule has 0 amide bonds. The molecule has 1 unspecified atom stereocenters. The highest BCUT2D eigenvalue weighted by Gasteiger charge is 2.42. The molecule has 1 heterocycles. The van der Waals surface area contributed by atoms with Gasteiger partial charge in [-0.25, -0.2) is 0 Å². The Bertz CT molecular complexity index is 385. The van der Waals surface area contributed by atoms with Crippen molar-refractivity contribution in [3.8, 4) is 0 Å². The average molecular weight is 330 g/mol. The van der Waals surface area contributed by atoms with Crippen LogP contribution in [0.25, 0.3) is 0 Å². The molecule has 1 aromatic heterocycles. The number of nitrogens with one attached hydrogen (secondary N) is 1. The minimum Gasteiger partial charge on any atom is -0.466 e. The van der Waals surface area contributed by atoms with Crippen LogP contribution >= 0.6 is 15.9 Å². The second-order valence-electron chi connectivity index (χ2n) is 5.35. The lowest BCUT2D eigenvalue weighted by atomic mass is 9.78. The quantitative estimate of drug-likeness (QED) is 0.838. The maximum absolute atomic E-state index is 5.97. The molecule has 1 aliphatic carbocycles. The summed E-state index contributed by atoms with van der Waals surface area (Å²) in [5, 5.41) is 3.63. The van der Waals surface area contributed by atoms with Gasteiger partial charge in [0.05, 0.1) is 22.4 Å². The Balaban J connectivity index is 2.27. The van der Waals surface area contributed by atoms with Crippen LogP contribution in [0.5, 0.6) is 0 Å². The molecular formula is C15H24BrNO2. The average Bonchev–Trinajstić information content (AvgIpc) is 2.86. The van der Waals surface area contributed by atoms with E-state index in [4.69, 9.17) is 9.15 Å². The molecule has 0 radical (unpaired) electrons. The summed E-state index contributed by atoms with van der Waals surface area (Å²) in [6.45, 7) is 3.16. The molecule has 4 heteroatoms. The van der Waals surface area contributed by atoms with E-state index in [1.54, 1.807) is 6.26 Å². The van der Waals surface area contributed by atoms with Gasteiger partial charge in [-0.1, -0.05) is 26.2 Å². The van der Waals surface area contributed by atoms with Crippen molar-refractivity contribution in [1.29, 1.82) is 0 Å². The van der Waals surface area contributed by atoms with Gasteiger partial charge in [0.25, 0.3) is 0 Å². The van der Waals surface area contributed by atoms with Gasteiger partial charge in [-0.3, -0.25) is 0 Å². The number of rotatable bonds is 6. The van der Waals surface area contributed by atoms with Gasteiger partial charge in [0.15, 0.2) is 0 Å². The van der Waals surface area contributed by atoms with Crippen LogP contribution in [0, 0.1) is 0 Å². The van der Waals surface area contributed by atoms with Crippen molar-refractivity contribution in [2.75, 3.05) is 13.7 Å². The summed E-state index contributed by atoms with van der Waals surface area (Å²) in [4.78, 5) is 0. The van der Waals surface area contributed by atoms with Crippen molar-refractivity contribution in [1.82, 2.24) is 5.32 Å². The van der Waals surface area contributed by atoms with Crippen molar-refractivity contribution < 1.29 is 9.15 Å². The summed E-state index contributed by atoms with van der Waals surface area (Å²) in [5.74, 6) is 0.970. The molecule has 3 nitrogen and oxygen atoms in total. The van der Waals surface area contributed by atoms with Gasteiger partial charge in [0.2, 0.25) is 0 Å². The Kier molecular flexibility index (Phi) is 5.48. The van der Waals surface area contributed by atoms with Gasteiger partial charge >= 0.3 is 0 Å². The highest BCUT2D eigenvalue weighted by molar-refractivity contribution is 9.10.